The second-order valence-electron chi connectivity index (χ2n) is 7.23. The van der Waals surface area contributed by atoms with E-state index in [1.54, 1.807) is 0 Å². The molecule has 5 heteroatoms. The maximum absolute atomic E-state index is 13.1. The fourth-order valence-electron chi connectivity index (χ4n) is 3.93. The number of ketones is 2. The molecule has 1 heterocycles. The minimum absolute atomic E-state index is 0.00800. The molecule has 0 aliphatic carbocycles. The Hall–Kier alpha value is -2.18. The van der Waals surface area contributed by atoms with Crippen LogP contribution in [0.15, 0.2) is 60.7 Å². The number of alkyl halides is 1. The van der Waals surface area contributed by atoms with E-state index in [2.05, 4.69) is 34.1 Å². The Morgan fingerprint density at radius 2 is 1.57 bits per heavy atom. The van der Waals surface area contributed by atoms with Crippen LogP contribution in [-0.4, -0.2) is 22.0 Å². The third kappa shape index (κ3) is 3.79. The van der Waals surface area contributed by atoms with Crippen molar-refractivity contribution in [2.75, 3.05) is 5.88 Å². The second-order valence-corrected chi connectivity index (χ2v) is 8.77. The number of nitrogens with zero attached hydrogens (tertiary/aromatic N) is 1. The normalized spacial score (nSPS) is 11.3. The maximum atomic E-state index is 13.1. The van der Waals surface area contributed by atoms with Crippen LogP contribution in [-0.2, 0) is 6.54 Å². The van der Waals surface area contributed by atoms with Crippen LogP contribution in [0.2, 0.25) is 0 Å². The summed E-state index contributed by atoms with van der Waals surface area (Å²) in [6, 6.07) is 19.3. The van der Waals surface area contributed by atoms with Gasteiger partial charge in [0, 0.05) is 60.9 Å². The van der Waals surface area contributed by atoms with Gasteiger partial charge in [-0.3, -0.25) is 9.59 Å². The maximum Gasteiger partial charge on any atom is 0.194 e. The lowest BCUT2D eigenvalue weighted by atomic mass is 10.00. The topological polar surface area (TPSA) is 39.1 Å². The first kappa shape index (κ1) is 21.1. The highest BCUT2D eigenvalue weighted by Crippen LogP contribution is 2.32. The molecule has 0 spiro atoms. The lowest BCUT2D eigenvalue weighted by Crippen LogP contribution is -2.03. The van der Waals surface area contributed by atoms with Gasteiger partial charge in [-0.05, 0) is 84.5 Å². The van der Waals surface area contributed by atoms with Crippen LogP contribution in [0.5, 0.6) is 0 Å². The van der Waals surface area contributed by atoms with Gasteiger partial charge in [0.05, 0.1) is 0 Å². The number of carbonyl (C=O) groups excluding carboxylic acids is 2. The van der Waals surface area contributed by atoms with Gasteiger partial charge in [0.2, 0.25) is 0 Å². The largest absolute Gasteiger partial charge is 0.341 e. The number of fused-ring (bicyclic) bond motifs is 3. The molecule has 0 atom stereocenters. The molecule has 4 rings (SSSR count). The number of benzene rings is 3. The second kappa shape index (κ2) is 8.90. The van der Waals surface area contributed by atoms with Crippen LogP contribution in [0.1, 0.15) is 46.0 Å². The molecule has 0 fully saturated rings. The molecule has 0 aliphatic rings. The van der Waals surface area contributed by atoms with Gasteiger partial charge in [-0.2, -0.15) is 0 Å². The van der Waals surface area contributed by atoms with Gasteiger partial charge >= 0.3 is 0 Å². The van der Waals surface area contributed by atoms with E-state index in [-0.39, 0.29) is 11.6 Å². The first-order valence-electron chi connectivity index (χ1n) is 9.99. The third-order valence-electron chi connectivity index (χ3n) is 5.42. The zero-order valence-corrected chi connectivity index (χ0v) is 19.5. The number of hydrogen-bond donors (Lipinski definition) is 0. The smallest absolute Gasteiger partial charge is 0.194 e. The number of rotatable bonds is 7. The molecule has 3 aromatic carbocycles. The van der Waals surface area contributed by atoms with Crippen molar-refractivity contribution in [1.82, 2.24) is 4.57 Å². The molecular weight excluding hydrogens is 509 g/mol. The summed E-state index contributed by atoms with van der Waals surface area (Å²) in [4.78, 5) is 25.7. The van der Waals surface area contributed by atoms with Gasteiger partial charge < -0.3 is 4.57 Å². The summed E-state index contributed by atoms with van der Waals surface area (Å²) in [6.07, 6.45) is 1.11. The van der Waals surface area contributed by atoms with Crippen molar-refractivity contribution in [2.24, 2.45) is 0 Å². The minimum atomic E-state index is 0.00800. The van der Waals surface area contributed by atoms with E-state index in [1.165, 1.54) is 0 Å². The molecule has 0 N–H and O–H groups in total. The van der Waals surface area contributed by atoms with Gasteiger partial charge in [0.1, 0.15) is 0 Å². The van der Waals surface area contributed by atoms with E-state index in [0.29, 0.717) is 35.4 Å². The number of Topliss-reactive ketones (excluding diaryl/α,β-unsaturated/α-hetero) is 1. The zero-order chi connectivity index (χ0) is 21.3. The molecular formula is C25H21ClINO2. The van der Waals surface area contributed by atoms with Gasteiger partial charge in [-0.15, -0.1) is 11.6 Å². The van der Waals surface area contributed by atoms with Gasteiger partial charge in [0.15, 0.2) is 11.6 Å². The highest BCUT2D eigenvalue weighted by molar-refractivity contribution is 14.1. The Morgan fingerprint density at radius 3 is 2.20 bits per heavy atom. The van der Waals surface area contributed by atoms with Crippen molar-refractivity contribution >= 4 is 67.6 Å². The van der Waals surface area contributed by atoms with Crippen LogP contribution in [0.4, 0.5) is 0 Å². The summed E-state index contributed by atoms with van der Waals surface area (Å²) in [7, 11) is 0. The Labute approximate surface area is 194 Å². The first-order valence-corrected chi connectivity index (χ1v) is 11.6. The van der Waals surface area contributed by atoms with Crippen molar-refractivity contribution in [1.29, 1.82) is 0 Å². The molecule has 30 heavy (non-hydrogen) atoms. The molecule has 4 aromatic rings. The molecule has 0 saturated heterocycles. The molecule has 0 aliphatic heterocycles. The molecule has 0 unspecified atom stereocenters. The van der Waals surface area contributed by atoms with Crippen molar-refractivity contribution < 1.29 is 9.59 Å². The molecule has 0 amide bonds. The van der Waals surface area contributed by atoms with E-state index in [0.717, 1.165) is 31.9 Å². The summed E-state index contributed by atoms with van der Waals surface area (Å²) in [5.41, 5.74) is 4.18. The van der Waals surface area contributed by atoms with Crippen molar-refractivity contribution in [2.45, 2.75) is 26.3 Å². The number of carbonyl (C=O) groups is 2. The number of aromatic nitrogens is 1. The minimum Gasteiger partial charge on any atom is -0.341 e. The average molecular weight is 530 g/mol. The molecule has 152 valence electrons. The molecule has 0 bridgehead atoms. The van der Waals surface area contributed by atoms with Gasteiger partial charge in [-0.25, -0.2) is 0 Å². The SMILES string of the molecule is CCn1c2ccc(C(=O)CCCCl)cc2c2cc(C(=O)c3ccccc3I)ccc21. The predicted molar refractivity (Wildman–Crippen MR) is 132 cm³/mol. The van der Waals surface area contributed by atoms with Crippen LogP contribution in [0.25, 0.3) is 21.8 Å². The van der Waals surface area contributed by atoms with E-state index in [4.69, 9.17) is 11.6 Å². The van der Waals surface area contributed by atoms with Crippen LogP contribution in [0.3, 0.4) is 0 Å². The molecule has 0 saturated carbocycles. The summed E-state index contributed by atoms with van der Waals surface area (Å²) in [6.45, 7) is 2.91. The molecule has 3 nitrogen and oxygen atoms in total. The summed E-state index contributed by atoms with van der Waals surface area (Å²) < 4.78 is 3.15. The highest BCUT2D eigenvalue weighted by Gasteiger charge is 2.17. The molecule has 1 aromatic heterocycles. The first-order chi connectivity index (χ1) is 14.5. The summed E-state index contributed by atoms with van der Waals surface area (Å²) >= 11 is 7.94. The number of halogens is 2. The van der Waals surface area contributed by atoms with E-state index >= 15 is 0 Å². The Kier molecular flexibility index (Phi) is 6.25. The quantitative estimate of drug-likeness (QED) is 0.149. The van der Waals surface area contributed by atoms with Crippen LogP contribution < -0.4 is 0 Å². The fraction of sp³-hybridized carbons (Fsp3) is 0.200. The van der Waals surface area contributed by atoms with Gasteiger partial charge in [-0.1, -0.05) is 12.1 Å². The van der Waals surface area contributed by atoms with Crippen molar-refractivity contribution in [3.63, 3.8) is 0 Å². The van der Waals surface area contributed by atoms with E-state index in [1.807, 2.05) is 60.7 Å². The lowest BCUT2D eigenvalue weighted by molar-refractivity contribution is 0.0981. The highest BCUT2D eigenvalue weighted by atomic mass is 127. The Morgan fingerprint density at radius 1 is 0.933 bits per heavy atom. The standard InChI is InChI=1S/C25H21ClINO2/c1-2-28-22-11-9-16(24(29)8-5-13-26)14-19(22)20-15-17(10-12-23(20)28)25(30)18-6-3-4-7-21(18)27/h3-4,6-7,9-12,14-15H,2,5,8,13H2,1H3. The summed E-state index contributed by atoms with van der Waals surface area (Å²) in [5, 5.41) is 2.00. The fourth-order valence-corrected chi connectivity index (χ4v) is 4.70. The third-order valence-corrected chi connectivity index (χ3v) is 6.63. The van der Waals surface area contributed by atoms with Crippen LogP contribution in [0, 0.1) is 3.57 Å². The van der Waals surface area contributed by atoms with Crippen LogP contribution >= 0.6 is 34.2 Å². The monoisotopic (exact) mass is 529 g/mol. The van der Waals surface area contributed by atoms with E-state index in [9.17, 15) is 9.59 Å². The van der Waals surface area contributed by atoms with E-state index < -0.39 is 0 Å². The zero-order valence-electron chi connectivity index (χ0n) is 16.6. The lowest BCUT2D eigenvalue weighted by Gasteiger charge is -2.05. The number of aryl methyl sites for hydroxylation is 1. The van der Waals surface area contributed by atoms with Crippen molar-refractivity contribution in [3.8, 4) is 0 Å². The Bertz CT molecular complexity index is 1280. The summed E-state index contributed by atoms with van der Waals surface area (Å²) in [5.74, 6) is 0.585. The van der Waals surface area contributed by atoms with Gasteiger partial charge in [0.25, 0.3) is 0 Å². The average Bonchev–Trinajstić information content (AvgIpc) is 3.09. The number of hydrogen-bond acceptors (Lipinski definition) is 2. The molecule has 0 radical (unpaired) electrons. The van der Waals surface area contributed by atoms with Crippen molar-refractivity contribution in [3.05, 3.63) is 80.9 Å². The predicted octanol–water partition coefficient (Wildman–Crippen LogP) is 6.85. The Balaban J connectivity index is 1.87.